The monoisotopic (exact) mass is 465 g/mol. The number of hydrogen-bond acceptors (Lipinski definition) is 4. The third-order valence-electron chi connectivity index (χ3n) is 5.84. The molecular formula is C27H35N3O4. The molecule has 0 aliphatic carbocycles. The molecule has 3 amide bonds. The number of rotatable bonds is 5. The first-order chi connectivity index (χ1) is 16.1. The third-order valence-corrected chi connectivity index (χ3v) is 5.84. The molecule has 0 aromatic heterocycles. The number of carbonyl (C=O) groups excluding carboxylic acids is 2. The zero-order chi connectivity index (χ0) is 25.0. The Morgan fingerprint density at radius 1 is 1.06 bits per heavy atom. The summed E-state index contributed by atoms with van der Waals surface area (Å²) in [6, 6.07) is 11.1. The number of fused-ring (bicyclic) bond motifs is 1. The van der Waals surface area contributed by atoms with Crippen molar-refractivity contribution in [2.75, 3.05) is 27.8 Å². The molecule has 1 unspecified atom stereocenters. The zero-order valence-corrected chi connectivity index (χ0v) is 21.1. The summed E-state index contributed by atoms with van der Waals surface area (Å²) in [6.07, 6.45) is 2.52. The molecule has 0 saturated heterocycles. The number of methoxy groups -OCH3 is 2. The lowest BCUT2D eigenvalue weighted by Crippen LogP contribution is -2.40. The van der Waals surface area contributed by atoms with Crippen LogP contribution < -0.4 is 20.1 Å². The fourth-order valence-corrected chi connectivity index (χ4v) is 3.96. The molecule has 1 heterocycles. The highest BCUT2D eigenvalue weighted by molar-refractivity contribution is 5.95. The third kappa shape index (κ3) is 5.53. The number of carbonyl (C=O) groups is 2. The molecule has 2 aromatic carbocycles. The van der Waals surface area contributed by atoms with Crippen LogP contribution in [0.5, 0.6) is 11.5 Å². The van der Waals surface area contributed by atoms with Gasteiger partial charge in [-0.2, -0.15) is 0 Å². The molecule has 2 N–H and O–H groups in total. The fourth-order valence-electron chi connectivity index (χ4n) is 3.96. The van der Waals surface area contributed by atoms with Crippen LogP contribution in [-0.4, -0.2) is 50.7 Å². The van der Waals surface area contributed by atoms with Crippen molar-refractivity contribution < 1.29 is 19.1 Å². The van der Waals surface area contributed by atoms with Gasteiger partial charge in [-0.3, -0.25) is 9.69 Å². The summed E-state index contributed by atoms with van der Waals surface area (Å²) < 4.78 is 11.1. The second kappa shape index (κ2) is 10.2. The van der Waals surface area contributed by atoms with Crippen molar-refractivity contribution in [3.05, 3.63) is 64.9 Å². The van der Waals surface area contributed by atoms with Gasteiger partial charge in [-0.15, -0.1) is 0 Å². The molecule has 1 atom stereocenters. The van der Waals surface area contributed by atoms with Crippen LogP contribution in [0.4, 0.5) is 4.79 Å². The molecule has 1 aliphatic rings. The molecule has 0 fully saturated rings. The van der Waals surface area contributed by atoms with E-state index in [0.29, 0.717) is 30.0 Å². The van der Waals surface area contributed by atoms with Gasteiger partial charge in [0.05, 0.1) is 14.2 Å². The summed E-state index contributed by atoms with van der Waals surface area (Å²) in [4.78, 5) is 27.0. The van der Waals surface area contributed by atoms with E-state index in [1.807, 2.05) is 49.5 Å². The van der Waals surface area contributed by atoms with E-state index < -0.39 is 0 Å². The van der Waals surface area contributed by atoms with Crippen molar-refractivity contribution in [3.8, 4) is 11.5 Å². The van der Waals surface area contributed by atoms with Gasteiger partial charge in [0.15, 0.2) is 11.5 Å². The minimum atomic E-state index is -0.185. The average molecular weight is 466 g/mol. The van der Waals surface area contributed by atoms with E-state index in [9.17, 15) is 9.59 Å². The maximum atomic E-state index is 12.7. The smallest absolute Gasteiger partial charge is 0.321 e. The Morgan fingerprint density at radius 3 is 2.24 bits per heavy atom. The van der Waals surface area contributed by atoms with E-state index in [1.54, 1.807) is 26.2 Å². The highest BCUT2D eigenvalue weighted by atomic mass is 16.5. The summed E-state index contributed by atoms with van der Waals surface area (Å²) in [7, 11) is 4.84. The van der Waals surface area contributed by atoms with Gasteiger partial charge in [-0.05, 0) is 59.7 Å². The number of ether oxygens (including phenoxy) is 2. The largest absolute Gasteiger partial charge is 0.493 e. The van der Waals surface area contributed by atoms with E-state index in [1.165, 1.54) is 0 Å². The van der Waals surface area contributed by atoms with Crippen molar-refractivity contribution in [1.29, 1.82) is 0 Å². The lowest BCUT2D eigenvalue weighted by atomic mass is 9.92. The Morgan fingerprint density at radius 2 is 1.68 bits per heavy atom. The van der Waals surface area contributed by atoms with Crippen LogP contribution in [0.15, 0.2) is 42.6 Å². The topological polar surface area (TPSA) is 79.9 Å². The summed E-state index contributed by atoms with van der Waals surface area (Å²) in [5, 5.41) is 5.71. The zero-order valence-electron chi connectivity index (χ0n) is 21.1. The number of urea groups is 1. The molecule has 0 saturated carbocycles. The van der Waals surface area contributed by atoms with E-state index in [4.69, 9.17) is 9.47 Å². The Bertz CT molecular complexity index is 1080. The highest BCUT2D eigenvalue weighted by Gasteiger charge is 2.27. The SMILES string of the molecule is CNC(=O)N1C=C(c2ccc(C(=O)NCC(C)(C)C)cc2)c2cc(OC)c(OC)cc2CC1C. The molecule has 3 rings (SSSR count). The molecule has 182 valence electrons. The quantitative estimate of drug-likeness (QED) is 0.684. The van der Waals surface area contributed by atoms with Gasteiger partial charge in [0.25, 0.3) is 5.91 Å². The summed E-state index contributed by atoms with van der Waals surface area (Å²) in [5.41, 5.74) is 4.36. The van der Waals surface area contributed by atoms with E-state index in [0.717, 1.165) is 22.3 Å². The molecule has 1 aliphatic heterocycles. The Balaban J connectivity index is 2.06. The molecule has 2 aromatic rings. The van der Waals surface area contributed by atoms with Gasteiger partial charge in [0, 0.05) is 37.0 Å². The second-order valence-corrected chi connectivity index (χ2v) is 9.74. The Kier molecular flexibility index (Phi) is 7.54. The predicted octanol–water partition coefficient (Wildman–Crippen LogP) is 4.45. The Hall–Kier alpha value is -3.48. The number of nitrogens with zero attached hydrogens (tertiary/aromatic N) is 1. The van der Waals surface area contributed by atoms with Crippen molar-refractivity contribution in [3.63, 3.8) is 0 Å². The summed E-state index contributed by atoms with van der Waals surface area (Å²) in [6.45, 7) is 8.84. The van der Waals surface area contributed by atoms with Crippen molar-refractivity contribution in [1.82, 2.24) is 15.5 Å². The first-order valence-corrected chi connectivity index (χ1v) is 11.4. The molecule has 0 bridgehead atoms. The average Bonchev–Trinajstić information content (AvgIpc) is 2.96. The highest BCUT2D eigenvalue weighted by Crippen LogP contribution is 2.39. The van der Waals surface area contributed by atoms with Crippen molar-refractivity contribution in [2.24, 2.45) is 5.41 Å². The van der Waals surface area contributed by atoms with Crippen LogP contribution in [0.1, 0.15) is 54.7 Å². The van der Waals surface area contributed by atoms with E-state index in [2.05, 4.69) is 31.4 Å². The molecule has 34 heavy (non-hydrogen) atoms. The number of benzene rings is 2. The normalized spacial score (nSPS) is 15.6. The van der Waals surface area contributed by atoms with Gasteiger partial charge in [-0.1, -0.05) is 32.9 Å². The van der Waals surface area contributed by atoms with Gasteiger partial charge < -0.3 is 20.1 Å². The van der Waals surface area contributed by atoms with E-state index in [-0.39, 0.29) is 23.4 Å². The van der Waals surface area contributed by atoms with Gasteiger partial charge in [0.1, 0.15) is 0 Å². The minimum absolute atomic E-state index is 0.00455. The van der Waals surface area contributed by atoms with E-state index >= 15 is 0 Å². The van der Waals surface area contributed by atoms with Crippen LogP contribution in [0.2, 0.25) is 0 Å². The molecule has 0 radical (unpaired) electrons. The van der Waals surface area contributed by atoms with Gasteiger partial charge in [-0.25, -0.2) is 4.79 Å². The summed E-state index contributed by atoms with van der Waals surface area (Å²) in [5.74, 6) is 1.15. The Labute approximate surface area is 202 Å². The lowest BCUT2D eigenvalue weighted by Gasteiger charge is -2.24. The predicted molar refractivity (Wildman–Crippen MR) is 134 cm³/mol. The molecule has 7 heteroatoms. The van der Waals surface area contributed by atoms with Gasteiger partial charge in [0.2, 0.25) is 0 Å². The standard InChI is InChI=1S/C27H35N3O4/c1-17-12-20-13-23(33-6)24(34-7)14-21(20)22(15-30(17)26(32)28-5)18-8-10-19(11-9-18)25(31)29-16-27(2,3)4/h8-11,13-15,17H,12,16H2,1-7H3,(H,28,32)(H,29,31). The van der Waals surface area contributed by atoms with Gasteiger partial charge >= 0.3 is 6.03 Å². The van der Waals surface area contributed by atoms with Crippen LogP contribution in [-0.2, 0) is 6.42 Å². The van der Waals surface area contributed by atoms with Crippen LogP contribution in [0.25, 0.3) is 5.57 Å². The number of hydrogen-bond donors (Lipinski definition) is 2. The van der Waals surface area contributed by atoms with Crippen molar-refractivity contribution in [2.45, 2.75) is 40.2 Å². The van der Waals surface area contributed by atoms with Crippen LogP contribution in [0, 0.1) is 5.41 Å². The summed E-state index contributed by atoms with van der Waals surface area (Å²) >= 11 is 0. The molecule has 7 nitrogen and oxygen atoms in total. The lowest BCUT2D eigenvalue weighted by molar-refractivity contribution is 0.0939. The fraction of sp³-hybridized carbons (Fsp3) is 0.407. The first-order valence-electron chi connectivity index (χ1n) is 11.4. The molecular weight excluding hydrogens is 430 g/mol. The maximum absolute atomic E-state index is 12.7. The maximum Gasteiger partial charge on any atom is 0.321 e. The second-order valence-electron chi connectivity index (χ2n) is 9.74. The number of amides is 3. The molecule has 0 spiro atoms. The van der Waals surface area contributed by atoms with Crippen LogP contribution in [0.3, 0.4) is 0 Å². The first kappa shape index (κ1) is 25.1. The minimum Gasteiger partial charge on any atom is -0.493 e. The number of nitrogens with one attached hydrogen (secondary N) is 2. The van der Waals surface area contributed by atoms with Crippen molar-refractivity contribution >= 4 is 17.5 Å². The van der Waals surface area contributed by atoms with Crippen LogP contribution >= 0.6 is 0 Å².